The summed E-state index contributed by atoms with van der Waals surface area (Å²) in [6, 6.07) is 0. The van der Waals surface area contributed by atoms with Gasteiger partial charge >= 0.3 is 0 Å². The van der Waals surface area contributed by atoms with E-state index in [1.54, 1.807) is 6.82 Å². The van der Waals surface area contributed by atoms with Crippen molar-refractivity contribution in [3.05, 3.63) is 0 Å². The van der Waals surface area contributed by atoms with Crippen molar-refractivity contribution in [2.24, 2.45) is 0 Å². The average Bonchev–Trinajstić information content (AvgIpc) is 2.39. The molecule has 22 heteroatoms. The molecule has 0 saturated carbocycles. The van der Waals surface area contributed by atoms with Gasteiger partial charge in [-0.05, 0) is 0 Å². The maximum Gasteiger partial charge on any atom is 0.229 e. The Morgan fingerprint density at radius 3 is 1.13 bits per heavy atom. The summed E-state index contributed by atoms with van der Waals surface area (Å²) in [5.74, 6) is 0. The van der Waals surface area contributed by atoms with Gasteiger partial charge in [-0.15, -0.1) is 0 Å². The summed E-state index contributed by atoms with van der Waals surface area (Å²) in [6.45, 7) is 0.611. The summed E-state index contributed by atoms with van der Waals surface area (Å²) in [4.78, 5) is 0. The minimum absolute atomic E-state index is 0.630. The molecule has 0 aromatic rings. The fourth-order valence-electron chi connectivity index (χ4n) is 3.34. The van der Waals surface area contributed by atoms with Gasteiger partial charge in [-0.2, -0.15) is 0 Å². The lowest BCUT2D eigenvalue weighted by Crippen LogP contribution is -2.82. The van der Waals surface area contributed by atoms with Gasteiger partial charge < -0.3 is 5.02 Å². The molecule has 0 aromatic heterocycles. The van der Waals surface area contributed by atoms with Crippen molar-refractivity contribution in [2.75, 3.05) is 0 Å². The fourth-order valence-corrected chi connectivity index (χ4v) is 3.34. The van der Waals surface area contributed by atoms with E-state index in [1.807, 2.05) is 0 Å². The van der Waals surface area contributed by atoms with Crippen molar-refractivity contribution in [1.29, 1.82) is 0 Å². The maximum atomic E-state index is 10.3. The van der Waals surface area contributed by atoms with Gasteiger partial charge in [-0.25, -0.2) is 0 Å². The van der Waals surface area contributed by atoms with E-state index in [1.165, 1.54) is 7.06 Å². The highest BCUT2D eigenvalue weighted by Gasteiger charge is 2.48. The Kier molecular flexibility index (Phi) is 11.8. The van der Waals surface area contributed by atoms with Crippen LogP contribution in [0.4, 0.5) is 0 Å². The molecular formula is CH4B21O. The van der Waals surface area contributed by atoms with Gasteiger partial charge in [0.25, 0.3) is 0 Å². The van der Waals surface area contributed by atoms with Crippen LogP contribution in [0.1, 0.15) is 0 Å². The van der Waals surface area contributed by atoms with E-state index in [0.717, 1.165) is 0 Å². The van der Waals surface area contributed by atoms with Crippen LogP contribution in [0.5, 0.6) is 0 Å². The highest BCUT2D eigenvalue weighted by molar-refractivity contribution is 8.19. The first kappa shape index (κ1) is 24.3. The Hall–Kier alpha value is 1.32. The first-order valence-electron chi connectivity index (χ1n) is 7.50. The third kappa shape index (κ3) is 6.86. The quantitative estimate of drug-likeness (QED) is 0.386. The highest BCUT2D eigenvalue weighted by atomic mass is 16.2. The van der Waals surface area contributed by atoms with E-state index in [4.69, 9.17) is 77.4 Å². The van der Waals surface area contributed by atoms with Crippen LogP contribution in [0.3, 0.4) is 0 Å². The van der Waals surface area contributed by atoms with Crippen LogP contribution >= 0.6 is 0 Å². The molecular weight excluding hydrogens is 255 g/mol. The lowest BCUT2D eigenvalue weighted by molar-refractivity contribution is 0.600. The van der Waals surface area contributed by atoms with Crippen LogP contribution in [0.25, 0.3) is 0 Å². The third-order valence-electron chi connectivity index (χ3n) is 4.33. The van der Waals surface area contributed by atoms with Crippen molar-refractivity contribution in [3.8, 4) is 0 Å². The van der Waals surface area contributed by atoms with Crippen LogP contribution in [0.2, 0.25) is 6.82 Å². The highest BCUT2D eigenvalue weighted by Crippen LogP contribution is 2.09. The number of hydrogen-bond donors (Lipinski definition) is 1. The van der Waals surface area contributed by atoms with Crippen LogP contribution < -0.4 is 0 Å². The molecule has 0 saturated heterocycles. The van der Waals surface area contributed by atoms with Crippen molar-refractivity contribution in [1.82, 2.24) is 0 Å². The standard InChI is InChI=1S/CH4B21O/c1-13(23)19(20(14(3)4)15(5)6)22(18(11)12-2)21(16(7)8)17(9)10/h23H,1H3. The summed E-state index contributed by atoms with van der Waals surface area (Å²) in [5.41, 5.74) is 0. The molecule has 0 aromatic carbocycles. The molecule has 0 unspecified atom stereocenters. The van der Waals surface area contributed by atoms with Gasteiger partial charge in [0.2, 0.25) is 6.81 Å². The molecule has 0 amide bonds. The summed E-state index contributed by atoms with van der Waals surface area (Å²) < 4.78 is 0. The van der Waals surface area contributed by atoms with Crippen LogP contribution in [0, 0.1) is 0 Å². The van der Waals surface area contributed by atoms with E-state index in [-0.39, 0.29) is 0 Å². The normalized spacial score (nSPS) is 9.30. The summed E-state index contributed by atoms with van der Waals surface area (Å²) in [5, 5.41) is 10.3. The molecule has 0 spiro atoms. The first-order chi connectivity index (χ1) is 10.5. The molecule has 77 valence electrons. The number of rotatable bonds is 10. The smallest absolute Gasteiger partial charge is 0.229 e. The van der Waals surface area contributed by atoms with Gasteiger partial charge in [0.05, 0.1) is 6.39 Å². The first-order valence-corrected chi connectivity index (χ1v) is 7.50. The Balaban J connectivity index is 6.03. The molecule has 0 heterocycles. The monoisotopic (exact) mass is 263 g/mol. The topological polar surface area (TPSA) is 20.2 Å². The summed E-state index contributed by atoms with van der Waals surface area (Å²) in [7, 11) is 59.4. The predicted octanol–water partition coefficient (Wildman–Crippen LogP) is -7.97. The van der Waals surface area contributed by atoms with E-state index in [0.29, 0.717) is 0 Å². The zero-order chi connectivity index (χ0) is 18.5. The van der Waals surface area contributed by atoms with Crippen LogP contribution in [0.15, 0.2) is 0 Å². The summed E-state index contributed by atoms with van der Waals surface area (Å²) in [6.07, 6.45) is -7.03. The van der Waals surface area contributed by atoms with Crippen molar-refractivity contribution >= 4 is 149 Å². The van der Waals surface area contributed by atoms with E-state index in [2.05, 4.69) is 0 Å². The molecule has 21 radical (unpaired) electrons. The Morgan fingerprint density at radius 2 is 0.913 bits per heavy atom. The lowest BCUT2D eigenvalue weighted by atomic mass is 8.39. The van der Waals surface area contributed by atoms with Gasteiger partial charge in [-0.1, -0.05) is 6.82 Å². The molecule has 0 rings (SSSR count). The second-order valence-corrected chi connectivity index (χ2v) is 6.13. The molecule has 0 aliphatic carbocycles. The Labute approximate surface area is 160 Å². The number of hydrogen-bond acceptors (Lipinski definition) is 1. The van der Waals surface area contributed by atoms with E-state index < -0.39 is 64.3 Å². The van der Waals surface area contributed by atoms with Crippen molar-refractivity contribution < 1.29 is 5.02 Å². The van der Waals surface area contributed by atoms with Gasteiger partial charge in [-0.3, -0.25) is 0 Å². The van der Waals surface area contributed by atoms with Crippen LogP contribution in [-0.4, -0.2) is 154 Å². The van der Waals surface area contributed by atoms with E-state index >= 15 is 0 Å². The SMILES string of the molecule is [B][B]B([B])B(B(B([B])[B])B([B])[B])B(B(C)O)B(B([B])[B])B([B])[B]. The zero-order valence-electron chi connectivity index (χ0n) is 13.6. The average molecular weight is 259 g/mol. The molecule has 0 fully saturated rings. The largest absolute Gasteiger partial charge is 0.460 e. The second-order valence-electron chi connectivity index (χ2n) is 6.13. The molecule has 23 heavy (non-hydrogen) atoms. The Bertz CT molecular complexity index is 293. The molecule has 0 aliphatic heterocycles. The minimum atomic E-state index is -0.930. The maximum absolute atomic E-state index is 10.3. The molecule has 0 atom stereocenters. The third-order valence-corrected chi connectivity index (χ3v) is 4.33. The van der Waals surface area contributed by atoms with Crippen molar-refractivity contribution in [2.45, 2.75) is 6.82 Å². The molecule has 1 N–H and O–H groups in total. The zero-order valence-corrected chi connectivity index (χ0v) is 13.6. The second kappa shape index (κ2) is 11.1. The van der Waals surface area contributed by atoms with Gasteiger partial charge in [0.15, 0.2) is 0 Å². The minimum Gasteiger partial charge on any atom is -0.460 e. The van der Waals surface area contributed by atoms with Gasteiger partial charge in [0, 0.05) is 136 Å². The fraction of sp³-hybridized carbons (Fsp3) is 1.00. The molecule has 1 nitrogen and oxygen atoms in total. The van der Waals surface area contributed by atoms with E-state index in [9.17, 15) is 5.02 Å². The molecule has 0 aliphatic rings. The van der Waals surface area contributed by atoms with Crippen molar-refractivity contribution in [3.63, 3.8) is 0 Å². The van der Waals surface area contributed by atoms with Gasteiger partial charge in [0.1, 0.15) is 0 Å². The molecule has 0 bridgehead atoms. The Morgan fingerprint density at radius 1 is 0.609 bits per heavy atom. The lowest BCUT2D eigenvalue weighted by Gasteiger charge is -2.43. The summed E-state index contributed by atoms with van der Waals surface area (Å²) >= 11 is 0. The van der Waals surface area contributed by atoms with Crippen LogP contribution in [-0.2, 0) is 0 Å². The predicted molar refractivity (Wildman–Crippen MR) is 129 cm³/mol.